The Kier molecular flexibility index (Phi) is 5.88. The predicted octanol–water partition coefficient (Wildman–Crippen LogP) is 3.87. The van der Waals surface area contributed by atoms with E-state index >= 15 is 0 Å². The van der Waals surface area contributed by atoms with Gasteiger partial charge in [-0.15, -0.1) is 0 Å². The van der Waals surface area contributed by atoms with Crippen molar-refractivity contribution < 1.29 is 19.1 Å². The molecule has 0 bridgehead atoms. The molecular formula is C27H26N4O4. The number of ether oxygens (including phenoxy) is 2. The van der Waals surface area contributed by atoms with Crippen molar-refractivity contribution in [1.82, 2.24) is 4.90 Å². The summed E-state index contributed by atoms with van der Waals surface area (Å²) in [6.07, 6.45) is 0. The van der Waals surface area contributed by atoms with Gasteiger partial charge in [-0.25, -0.2) is 0 Å². The molecule has 2 aliphatic heterocycles. The molecule has 3 aromatic rings. The minimum Gasteiger partial charge on any atom is -0.454 e. The summed E-state index contributed by atoms with van der Waals surface area (Å²) in [5.74, 6) is 1.12. The van der Waals surface area contributed by atoms with Crippen LogP contribution in [0.25, 0.3) is 11.3 Å². The van der Waals surface area contributed by atoms with Gasteiger partial charge in [0.1, 0.15) is 0 Å². The van der Waals surface area contributed by atoms with Crippen LogP contribution in [0.1, 0.15) is 11.1 Å². The average molecular weight is 471 g/mol. The molecule has 8 nitrogen and oxygen atoms in total. The fourth-order valence-electron chi connectivity index (χ4n) is 4.13. The van der Waals surface area contributed by atoms with Crippen LogP contribution in [0.15, 0.2) is 66.7 Å². The summed E-state index contributed by atoms with van der Waals surface area (Å²) in [4.78, 5) is 28.9. The van der Waals surface area contributed by atoms with E-state index in [-0.39, 0.29) is 18.6 Å². The molecule has 2 heterocycles. The number of nitrogens with one attached hydrogen (secondary N) is 2. The minimum atomic E-state index is -0.183. The summed E-state index contributed by atoms with van der Waals surface area (Å²) in [5.41, 5.74) is 5.13. The maximum absolute atomic E-state index is 13.1. The van der Waals surface area contributed by atoms with Crippen molar-refractivity contribution in [2.45, 2.75) is 0 Å². The Morgan fingerprint density at radius 2 is 1.71 bits per heavy atom. The number of carbonyl (C=O) groups is 2. The number of rotatable bonds is 6. The quantitative estimate of drug-likeness (QED) is 0.532. The molecule has 0 unspecified atom stereocenters. The maximum atomic E-state index is 13.1. The second-order valence-corrected chi connectivity index (χ2v) is 8.68. The van der Waals surface area contributed by atoms with Gasteiger partial charge in [-0.1, -0.05) is 18.2 Å². The van der Waals surface area contributed by atoms with Crippen LogP contribution in [0, 0.1) is 0 Å². The molecule has 0 aliphatic carbocycles. The van der Waals surface area contributed by atoms with Crippen molar-refractivity contribution in [3.8, 4) is 11.5 Å². The Labute approximate surface area is 203 Å². The topological polar surface area (TPSA) is 83.1 Å². The Morgan fingerprint density at radius 1 is 0.971 bits per heavy atom. The smallest absolute Gasteiger partial charge is 0.258 e. The van der Waals surface area contributed by atoms with Crippen molar-refractivity contribution in [3.63, 3.8) is 0 Å². The molecule has 0 radical (unpaired) electrons. The van der Waals surface area contributed by atoms with Gasteiger partial charge >= 0.3 is 0 Å². The fraction of sp³-hybridized carbons (Fsp3) is 0.185. The van der Waals surface area contributed by atoms with Gasteiger partial charge in [0, 0.05) is 35.2 Å². The summed E-state index contributed by atoms with van der Waals surface area (Å²) < 4.78 is 11.0. The van der Waals surface area contributed by atoms with E-state index in [9.17, 15) is 9.59 Å². The number of nitrogens with zero attached hydrogens (tertiary/aromatic N) is 2. The SMILES string of the molecule is CN(C)CC(=O)N(C)c1ccc(NC(=C2C(=O)Nc3ccccc32)c2ccc3c(c2)OCO3)cc1. The Balaban J connectivity index is 1.52. The fourth-order valence-corrected chi connectivity index (χ4v) is 4.13. The summed E-state index contributed by atoms with van der Waals surface area (Å²) in [5, 5.41) is 6.39. The molecule has 35 heavy (non-hydrogen) atoms. The van der Waals surface area contributed by atoms with Gasteiger partial charge in [0.05, 0.1) is 17.8 Å². The minimum absolute atomic E-state index is 0.00175. The van der Waals surface area contributed by atoms with Crippen molar-refractivity contribution in [3.05, 3.63) is 77.9 Å². The zero-order chi connectivity index (χ0) is 24.5. The molecule has 8 heteroatoms. The molecule has 178 valence electrons. The lowest BCUT2D eigenvalue weighted by Crippen LogP contribution is -2.34. The first-order valence-corrected chi connectivity index (χ1v) is 11.2. The number of fused-ring (bicyclic) bond motifs is 2. The van der Waals surface area contributed by atoms with Gasteiger partial charge in [-0.05, 0) is 62.6 Å². The van der Waals surface area contributed by atoms with Gasteiger partial charge in [-0.3, -0.25) is 9.59 Å². The number of hydrogen-bond acceptors (Lipinski definition) is 6. The normalized spacial score (nSPS) is 15.0. The van der Waals surface area contributed by atoms with Crippen LogP contribution in [0.5, 0.6) is 11.5 Å². The lowest BCUT2D eigenvalue weighted by Gasteiger charge is -2.20. The molecule has 5 rings (SSSR count). The summed E-state index contributed by atoms with van der Waals surface area (Å²) in [6.45, 7) is 0.494. The first-order valence-electron chi connectivity index (χ1n) is 11.2. The molecule has 0 aromatic heterocycles. The number of hydrogen-bond donors (Lipinski definition) is 2. The van der Waals surface area contributed by atoms with Gasteiger partial charge in [-0.2, -0.15) is 0 Å². The lowest BCUT2D eigenvalue weighted by molar-refractivity contribution is -0.119. The maximum Gasteiger partial charge on any atom is 0.258 e. The van der Waals surface area contributed by atoms with Crippen molar-refractivity contribution in [2.75, 3.05) is 50.0 Å². The molecule has 0 spiro atoms. The van der Waals surface area contributed by atoms with Crippen molar-refractivity contribution >= 4 is 40.1 Å². The lowest BCUT2D eigenvalue weighted by atomic mass is 9.99. The first-order chi connectivity index (χ1) is 16.9. The number of para-hydroxylation sites is 1. The summed E-state index contributed by atoms with van der Waals surface area (Å²) in [6, 6.07) is 20.7. The van der Waals surface area contributed by atoms with Gasteiger partial charge in [0.25, 0.3) is 5.91 Å². The third-order valence-electron chi connectivity index (χ3n) is 5.93. The molecule has 2 aliphatic rings. The molecule has 3 aromatic carbocycles. The number of carbonyl (C=O) groups excluding carboxylic acids is 2. The highest BCUT2D eigenvalue weighted by atomic mass is 16.7. The van der Waals surface area contributed by atoms with Crippen LogP contribution in [0.4, 0.5) is 17.1 Å². The number of likely N-dealkylation sites (N-methyl/N-ethyl adjacent to an activating group) is 2. The van der Waals surface area contributed by atoms with E-state index in [1.807, 2.05) is 85.7 Å². The molecule has 0 saturated carbocycles. The Morgan fingerprint density at radius 3 is 2.49 bits per heavy atom. The van der Waals surface area contributed by atoms with Crippen LogP contribution in [-0.2, 0) is 9.59 Å². The van der Waals surface area contributed by atoms with Crippen molar-refractivity contribution in [1.29, 1.82) is 0 Å². The van der Waals surface area contributed by atoms with Crippen LogP contribution >= 0.6 is 0 Å². The zero-order valence-electron chi connectivity index (χ0n) is 19.8. The van der Waals surface area contributed by atoms with Crippen molar-refractivity contribution in [2.24, 2.45) is 0 Å². The van der Waals surface area contributed by atoms with Gasteiger partial charge in [0.2, 0.25) is 12.7 Å². The van der Waals surface area contributed by atoms with E-state index in [1.165, 1.54) is 0 Å². The highest BCUT2D eigenvalue weighted by molar-refractivity contribution is 6.37. The molecular weight excluding hydrogens is 444 g/mol. The Hall–Kier alpha value is -4.30. The second-order valence-electron chi connectivity index (χ2n) is 8.68. The average Bonchev–Trinajstić information content (AvgIpc) is 3.45. The van der Waals surface area contributed by atoms with E-state index in [0.29, 0.717) is 29.3 Å². The van der Waals surface area contributed by atoms with E-state index in [2.05, 4.69) is 10.6 Å². The zero-order valence-corrected chi connectivity index (χ0v) is 19.8. The summed E-state index contributed by atoms with van der Waals surface area (Å²) in [7, 11) is 5.48. The highest BCUT2D eigenvalue weighted by Crippen LogP contribution is 2.40. The largest absolute Gasteiger partial charge is 0.454 e. The molecule has 0 fully saturated rings. The van der Waals surface area contributed by atoms with Gasteiger partial charge in [0.15, 0.2) is 11.5 Å². The van der Waals surface area contributed by atoms with E-state index in [0.717, 1.165) is 28.2 Å². The number of amides is 2. The third kappa shape index (κ3) is 4.43. The van der Waals surface area contributed by atoms with Crippen LogP contribution in [0.3, 0.4) is 0 Å². The van der Waals surface area contributed by atoms with Crippen LogP contribution < -0.4 is 25.0 Å². The molecule has 0 saturated heterocycles. The van der Waals surface area contributed by atoms with E-state index in [4.69, 9.17) is 9.47 Å². The van der Waals surface area contributed by atoms with E-state index < -0.39 is 0 Å². The summed E-state index contributed by atoms with van der Waals surface area (Å²) >= 11 is 0. The first kappa shape index (κ1) is 22.5. The predicted molar refractivity (Wildman–Crippen MR) is 136 cm³/mol. The number of benzene rings is 3. The van der Waals surface area contributed by atoms with Crippen LogP contribution in [-0.4, -0.2) is 51.2 Å². The highest BCUT2D eigenvalue weighted by Gasteiger charge is 2.29. The van der Waals surface area contributed by atoms with E-state index in [1.54, 1.807) is 11.9 Å². The monoisotopic (exact) mass is 470 g/mol. The van der Waals surface area contributed by atoms with Gasteiger partial charge < -0.3 is 29.9 Å². The second kappa shape index (κ2) is 9.15. The van der Waals surface area contributed by atoms with Crippen LogP contribution in [0.2, 0.25) is 0 Å². The standard InChI is InChI=1S/C27H26N4O4/c1-30(2)15-24(32)31(3)19-11-9-18(10-12-19)28-26(17-8-13-22-23(14-17)35-16-34-22)25-20-6-4-5-7-21(20)29-27(25)33/h4-14,28H,15-16H2,1-3H3,(H,29,33). The molecule has 2 amide bonds. The third-order valence-corrected chi connectivity index (χ3v) is 5.93. The number of anilines is 3. The molecule has 2 N–H and O–H groups in total. The Bertz CT molecular complexity index is 1330. The molecule has 0 atom stereocenters.